The van der Waals surface area contributed by atoms with E-state index in [9.17, 15) is 10.1 Å². The third-order valence-corrected chi connectivity index (χ3v) is 2.75. The van der Waals surface area contributed by atoms with Crippen LogP contribution in [0.4, 0.5) is 5.69 Å². The van der Waals surface area contributed by atoms with Crippen LogP contribution < -0.4 is 9.47 Å². The summed E-state index contributed by atoms with van der Waals surface area (Å²) in [7, 11) is 1.42. The molecule has 0 radical (unpaired) electrons. The first-order valence-electron chi connectivity index (χ1n) is 5.38. The number of methoxy groups -OCH3 is 1. The molecule has 0 amide bonds. The Morgan fingerprint density at radius 1 is 1.53 bits per heavy atom. The molecule has 1 aromatic rings. The zero-order valence-corrected chi connectivity index (χ0v) is 11.3. The van der Waals surface area contributed by atoms with Gasteiger partial charge in [-0.05, 0) is 18.6 Å². The second-order valence-electron chi connectivity index (χ2n) is 3.79. The molecule has 0 spiro atoms. The topological polar surface area (TPSA) is 81.8 Å². The van der Waals surface area contributed by atoms with Crippen molar-refractivity contribution in [2.45, 2.75) is 13.5 Å². The third kappa shape index (κ3) is 3.84. The van der Waals surface area contributed by atoms with Gasteiger partial charge in [-0.2, -0.15) is 0 Å². The monoisotopic (exact) mass is 287 g/mol. The lowest BCUT2D eigenvalue weighted by Gasteiger charge is -2.12. The molecule has 1 rings (SSSR count). The van der Waals surface area contributed by atoms with E-state index >= 15 is 0 Å². The maximum atomic E-state index is 10.9. The summed E-state index contributed by atoms with van der Waals surface area (Å²) in [6, 6.07) is 2.61. The molecule has 0 saturated heterocycles. The van der Waals surface area contributed by atoms with Gasteiger partial charge in [0, 0.05) is 5.54 Å². The Morgan fingerprint density at radius 3 is 2.68 bits per heavy atom. The van der Waals surface area contributed by atoms with Gasteiger partial charge in [-0.15, -0.1) is 0 Å². The normalized spacial score (nSPS) is 11.3. The second kappa shape index (κ2) is 6.96. The van der Waals surface area contributed by atoms with Crippen LogP contribution in [0, 0.1) is 10.1 Å². The molecule has 0 aromatic heterocycles. The van der Waals surface area contributed by atoms with Crippen LogP contribution in [-0.2, 0) is 6.61 Å². The van der Waals surface area contributed by atoms with Crippen LogP contribution in [0.5, 0.6) is 11.5 Å². The minimum Gasteiger partial charge on any atom is -0.493 e. The summed E-state index contributed by atoms with van der Waals surface area (Å²) in [5, 5.41) is 20.0. The number of rotatable bonds is 6. The van der Waals surface area contributed by atoms with Crippen LogP contribution in [0.3, 0.4) is 0 Å². The van der Waals surface area contributed by atoms with Crippen LogP contribution >= 0.6 is 11.6 Å². The fraction of sp³-hybridized carbons (Fsp3) is 0.333. The highest BCUT2D eigenvalue weighted by Gasteiger charge is 2.19. The van der Waals surface area contributed by atoms with E-state index < -0.39 is 11.5 Å². The summed E-state index contributed by atoms with van der Waals surface area (Å²) < 4.78 is 10.5. The van der Waals surface area contributed by atoms with Crippen LogP contribution in [0.2, 0.25) is 0 Å². The third-order valence-electron chi connectivity index (χ3n) is 2.37. The van der Waals surface area contributed by atoms with Crippen molar-refractivity contribution in [1.29, 1.82) is 0 Å². The predicted molar refractivity (Wildman–Crippen MR) is 70.7 cm³/mol. The number of hydrogen-bond acceptors (Lipinski definition) is 5. The molecule has 0 aliphatic rings. The van der Waals surface area contributed by atoms with Crippen molar-refractivity contribution < 1.29 is 19.5 Å². The van der Waals surface area contributed by atoms with Crippen LogP contribution in [0.15, 0.2) is 23.2 Å². The Morgan fingerprint density at radius 2 is 2.21 bits per heavy atom. The molecule has 0 aliphatic carbocycles. The maximum absolute atomic E-state index is 10.9. The highest BCUT2D eigenvalue weighted by molar-refractivity contribution is 6.25. The van der Waals surface area contributed by atoms with Gasteiger partial charge in [0.15, 0.2) is 11.5 Å². The number of aliphatic hydroxyl groups excluding tert-OH is 1. The predicted octanol–water partition coefficient (Wildman–Crippen LogP) is 2.62. The lowest BCUT2D eigenvalue weighted by Crippen LogP contribution is -2.03. The Labute approximate surface area is 115 Å². The molecule has 19 heavy (non-hydrogen) atoms. The van der Waals surface area contributed by atoms with Gasteiger partial charge in [0.05, 0.1) is 30.3 Å². The van der Waals surface area contributed by atoms with Crippen molar-refractivity contribution in [3.05, 3.63) is 38.9 Å². The van der Waals surface area contributed by atoms with Crippen molar-refractivity contribution in [3.63, 3.8) is 0 Å². The summed E-state index contributed by atoms with van der Waals surface area (Å²) in [6.45, 7) is 1.50. The van der Waals surface area contributed by atoms with Gasteiger partial charge in [0.2, 0.25) is 0 Å². The van der Waals surface area contributed by atoms with Gasteiger partial charge >= 0.3 is 0 Å². The second-order valence-corrected chi connectivity index (χ2v) is 4.01. The molecule has 0 aliphatic heterocycles. The number of nitro benzene ring substituents is 1. The molecule has 0 fully saturated rings. The van der Waals surface area contributed by atoms with Crippen molar-refractivity contribution in [2.24, 2.45) is 0 Å². The zero-order chi connectivity index (χ0) is 14.4. The van der Waals surface area contributed by atoms with Gasteiger partial charge in [0.1, 0.15) is 6.61 Å². The highest BCUT2D eigenvalue weighted by atomic mass is 35.5. The van der Waals surface area contributed by atoms with Gasteiger partial charge < -0.3 is 14.6 Å². The molecule has 0 saturated carbocycles. The van der Waals surface area contributed by atoms with E-state index in [0.717, 1.165) is 5.57 Å². The molecule has 7 heteroatoms. The summed E-state index contributed by atoms with van der Waals surface area (Å²) in [4.78, 5) is 10.3. The van der Waals surface area contributed by atoms with E-state index in [-0.39, 0.29) is 23.6 Å². The fourth-order valence-corrected chi connectivity index (χ4v) is 1.45. The summed E-state index contributed by atoms with van der Waals surface area (Å²) >= 11 is 5.51. The minimum atomic E-state index is -0.581. The zero-order valence-electron chi connectivity index (χ0n) is 10.6. The lowest BCUT2D eigenvalue weighted by molar-refractivity contribution is -0.385. The molecule has 1 N–H and O–H groups in total. The SMILES string of the molecule is COc1cc(CO)c([N+](=O)[O-])cc1OC/C(C)=C/Cl. The molecule has 0 bridgehead atoms. The Kier molecular flexibility index (Phi) is 5.59. The first-order valence-corrected chi connectivity index (χ1v) is 5.82. The van der Waals surface area contributed by atoms with E-state index in [1.807, 2.05) is 0 Å². The molecular weight excluding hydrogens is 274 g/mol. The standard InChI is InChI=1S/C12H14ClNO5/c1-8(5-13)7-19-12-4-10(14(16)17)9(6-15)3-11(12)18-2/h3-5,15H,6-7H2,1-2H3/b8-5+. The largest absolute Gasteiger partial charge is 0.493 e. The van der Waals surface area contributed by atoms with Crippen LogP contribution in [0.25, 0.3) is 0 Å². The van der Waals surface area contributed by atoms with Crippen molar-refractivity contribution >= 4 is 17.3 Å². The Balaban J connectivity index is 3.14. The minimum absolute atomic E-state index is 0.166. The average Bonchev–Trinajstić information content (AvgIpc) is 2.43. The quantitative estimate of drug-likeness (QED) is 0.642. The van der Waals surface area contributed by atoms with Gasteiger partial charge in [0.25, 0.3) is 5.69 Å². The Hall–Kier alpha value is -1.79. The number of nitrogens with zero attached hydrogens (tertiary/aromatic N) is 1. The highest BCUT2D eigenvalue weighted by Crippen LogP contribution is 2.34. The van der Waals surface area contributed by atoms with E-state index in [1.165, 1.54) is 24.8 Å². The van der Waals surface area contributed by atoms with Gasteiger partial charge in [-0.1, -0.05) is 11.6 Å². The van der Waals surface area contributed by atoms with Crippen molar-refractivity contribution in [2.75, 3.05) is 13.7 Å². The number of nitro groups is 1. The molecular formula is C12H14ClNO5. The van der Waals surface area contributed by atoms with E-state index in [1.54, 1.807) is 6.92 Å². The summed E-state index contributed by atoms with van der Waals surface area (Å²) in [5.41, 5.74) is 2.07. The number of ether oxygens (including phenoxy) is 2. The average molecular weight is 288 g/mol. The van der Waals surface area contributed by atoms with Crippen molar-refractivity contribution in [3.8, 4) is 11.5 Å². The number of halogens is 1. The smallest absolute Gasteiger partial charge is 0.278 e. The van der Waals surface area contributed by atoms with Crippen molar-refractivity contribution in [1.82, 2.24) is 0 Å². The van der Waals surface area contributed by atoms with Crippen LogP contribution in [0.1, 0.15) is 12.5 Å². The summed E-state index contributed by atoms with van der Waals surface area (Å²) in [6.07, 6.45) is 0. The molecule has 0 atom stereocenters. The number of aliphatic hydroxyl groups is 1. The number of hydrogen-bond donors (Lipinski definition) is 1. The molecule has 1 aromatic carbocycles. The van der Waals surface area contributed by atoms with E-state index in [2.05, 4.69) is 0 Å². The van der Waals surface area contributed by atoms with E-state index in [4.69, 9.17) is 26.2 Å². The molecule has 6 nitrogen and oxygen atoms in total. The lowest BCUT2D eigenvalue weighted by atomic mass is 10.1. The van der Waals surface area contributed by atoms with E-state index in [0.29, 0.717) is 5.75 Å². The summed E-state index contributed by atoms with van der Waals surface area (Å²) in [5.74, 6) is 0.543. The van der Waals surface area contributed by atoms with Crippen LogP contribution in [-0.4, -0.2) is 23.7 Å². The molecule has 0 unspecified atom stereocenters. The molecule has 0 heterocycles. The first-order chi connectivity index (χ1) is 9.03. The fourth-order valence-electron chi connectivity index (χ4n) is 1.38. The van der Waals surface area contributed by atoms with Gasteiger partial charge in [-0.25, -0.2) is 0 Å². The van der Waals surface area contributed by atoms with Gasteiger partial charge in [-0.3, -0.25) is 10.1 Å². The number of benzene rings is 1. The maximum Gasteiger partial charge on any atom is 0.278 e. The Bertz CT molecular complexity index is 501. The first kappa shape index (κ1) is 15.3. The molecule has 104 valence electrons.